The van der Waals surface area contributed by atoms with Crippen molar-refractivity contribution in [2.24, 2.45) is 0 Å². The summed E-state index contributed by atoms with van der Waals surface area (Å²) in [4.78, 5) is 33.8. The van der Waals surface area contributed by atoms with E-state index in [1.165, 1.54) is 32.4 Å². The van der Waals surface area contributed by atoms with Crippen molar-refractivity contribution in [3.8, 4) is 0 Å². The molecule has 1 atom stereocenters. The van der Waals surface area contributed by atoms with Gasteiger partial charge in [0.25, 0.3) is 5.69 Å². The molecule has 1 aliphatic heterocycles. The minimum absolute atomic E-state index is 0.00141. The highest BCUT2D eigenvalue weighted by molar-refractivity contribution is 5.90. The van der Waals surface area contributed by atoms with Gasteiger partial charge in [-0.2, -0.15) is 0 Å². The summed E-state index contributed by atoms with van der Waals surface area (Å²) in [7, 11) is 2.44. The molecule has 0 radical (unpaired) electrons. The van der Waals surface area contributed by atoms with E-state index < -0.39 is 23.0 Å². The largest absolute Gasteiger partial charge is 0.478 e. The highest BCUT2D eigenvalue weighted by Gasteiger charge is 2.29. The van der Waals surface area contributed by atoms with Crippen molar-refractivity contribution in [3.05, 3.63) is 51.3 Å². The number of carbonyl (C=O) groups is 2. The monoisotopic (exact) mass is 321 g/mol. The van der Waals surface area contributed by atoms with Crippen LogP contribution in [0, 0.1) is 10.1 Å². The summed E-state index contributed by atoms with van der Waals surface area (Å²) >= 11 is 0. The Bertz CT molecular complexity index is 680. The number of nitrogens with zero attached hydrogens (tertiary/aromatic N) is 1. The number of benzene rings is 1. The van der Waals surface area contributed by atoms with E-state index in [0.717, 1.165) is 0 Å². The zero-order valence-corrected chi connectivity index (χ0v) is 12.6. The summed E-state index contributed by atoms with van der Waals surface area (Å²) < 4.78 is 14.7. The van der Waals surface area contributed by atoms with Gasteiger partial charge < -0.3 is 14.2 Å². The molecule has 1 aliphatic rings. The van der Waals surface area contributed by atoms with Crippen molar-refractivity contribution in [3.63, 3.8) is 0 Å². The Labute approximate surface area is 131 Å². The lowest BCUT2D eigenvalue weighted by Gasteiger charge is -2.23. The lowest BCUT2D eigenvalue weighted by Crippen LogP contribution is -2.17. The van der Waals surface area contributed by atoms with Crippen LogP contribution in [-0.2, 0) is 19.0 Å². The van der Waals surface area contributed by atoms with Crippen LogP contribution in [0.25, 0.3) is 0 Å². The summed E-state index contributed by atoms with van der Waals surface area (Å²) in [5, 5.41) is 11.2. The van der Waals surface area contributed by atoms with Gasteiger partial charge >= 0.3 is 11.9 Å². The number of carbonyl (C=O) groups excluding carboxylic acids is 2. The summed E-state index contributed by atoms with van der Waals surface area (Å²) in [6.45, 7) is 0. The molecule has 1 aromatic rings. The van der Waals surface area contributed by atoms with E-state index in [1.807, 2.05) is 0 Å². The van der Waals surface area contributed by atoms with Crippen LogP contribution in [0.1, 0.15) is 34.9 Å². The summed E-state index contributed by atoms with van der Waals surface area (Å²) in [6, 6.07) is 3.89. The van der Waals surface area contributed by atoms with Crippen LogP contribution in [0.5, 0.6) is 0 Å². The molecule has 0 aromatic heterocycles. The fraction of sp³-hybridized carbons (Fsp3) is 0.333. The molecular formula is C15H15NO7. The second-order valence-electron chi connectivity index (χ2n) is 4.77. The number of nitro benzene ring substituents is 1. The predicted octanol–water partition coefficient (Wildman–Crippen LogP) is 2.29. The SMILES string of the molecule is COC(=O)C1=CCCC(c2cc(C(=O)OC)ccc2[N+](=O)[O-])O1. The smallest absolute Gasteiger partial charge is 0.372 e. The Morgan fingerprint density at radius 3 is 2.57 bits per heavy atom. The van der Waals surface area contributed by atoms with Gasteiger partial charge in [-0.25, -0.2) is 9.59 Å². The molecule has 0 bridgehead atoms. The first-order valence-corrected chi connectivity index (χ1v) is 6.79. The van der Waals surface area contributed by atoms with Crippen LogP contribution in [0.4, 0.5) is 5.69 Å². The van der Waals surface area contributed by atoms with E-state index in [9.17, 15) is 19.7 Å². The zero-order valence-electron chi connectivity index (χ0n) is 12.6. The second-order valence-corrected chi connectivity index (χ2v) is 4.77. The van der Waals surface area contributed by atoms with Gasteiger partial charge in [0.1, 0.15) is 6.10 Å². The Morgan fingerprint density at radius 1 is 1.26 bits per heavy atom. The molecule has 0 fully saturated rings. The van der Waals surface area contributed by atoms with Crippen molar-refractivity contribution in [2.75, 3.05) is 14.2 Å². The molecule has 0 amide bonds. The molecule has 8 nitrogen and oxygen atoms in total. The highest BCUT2D eigenvalue weighted by atomic mass is 16.6. The van der Waals surface area contributed by atoms with Crippen LogP contribution in [0.2, 0.25) is 0 Å². The van der Waals surface area contributed by atoms with E-state index in [4.69, 9.17) is 4.74 Å². The first-order valence-electron chi connectivity index (χ1n) is 6.79. The molecule has 1 aromatic carbocycles. The van der Waals surface area contributed by atoms with Gasteiger partial charge in [-0.1, -0.05) is 0 Å². The van der Waals surface area contributed by atoms with Gasteiger partial charge in [0, 0.05) is 6.07 Å². The van der Waals surface area contributed by atoms with Crippen molar-refractivity contribution < 1.29 is 28.7 Å². The molecule has 8 heteroatoms. The van der Waals surface area contributed by atoms with Gasteiger partial charge in [0.2, 0.25) is 5.76 Å². The number of methoxy groups -OCH3 is 2. The molecule has 0 N–H and O–H groups in total. The van der Waals surface area contributed by atoms with Gasteiger partial charge in [0.05, 0.1) is 30.3 Å². The number of ether oxygens (including phenoxy) is 3. The first-order chi connectivity index (χ1) is 11.0. The van der Waals surface area contributed by atoms with Crippen LogP contribution >= 0.6 is 0 Å². The van der Waals surface area contributed by atoms with E-state index in [2.05, 4.69) is 9.47 Å². The quantitative estimate of drug-likeness (QED) is 0.476. The minimum Gasteiger partial charge on any atom is -0.478 e. The number of hydrogen-bond donors (Lipinski definition) is 0. The Morgan fingerprint density at radius 2 is 1.96 bits per heavy atom. The number of nitro groups is 1. The minimum atomic E-state index is -0.723. The van der Waals surface area contributed by atoms with E-state index in [1.54, 1.807) is 6.08 Å². The number of hydrogen-bond acceptors (Lipinski definition) is 7. The van der Waals surface area contributed by atoms with Gasteiger partial charge in [0.15, 0.2) is 0 Å². The fourth-order valence-corrected chi connectivity index (χ4v) is 2.30. The molecule has 122 valence electrons. The highest BCUT2D eigenvalue weighted by Crippen LogP contribution is 2.36. The third-order valence-electron chi connectivity index (χ3n) is 3.41. The second kappa shape index (κ2) is 6.91. The molecule has 0 saturated heterocycles. The molecule has 23 heavy (non-hydrogen) atoms. The van der Waals surface area contributed by atoms with Crippen molar-refractivity contribution in [1.82, 2.24) is 0 Å². The maximum atomic E-state index is 11.6. The van der Waals surface area contributed by atoms with E-state index in [-0.39, 0.29) is 22.6 Å². The van der Waals surface area contributed by atoms with Crippen LogP contribution in [-0.4, -0.2) is 31.1 Å². The van der Waals surface area contributed by atoms with E-state index >= 15 is 0 Å². The summed E-state index contributed by atoms with van der Waals surface area (Å²) in [6.07, 6.45) is 1.78. The van der Waals surface area contributed by atoms with Gasteiger partial charge in [-0.05, 0) is 31.1 Å². The normalized spacial score (nSPS) is 16.8. The Kier molecular flexibility index (Phi) is 4.95. The fourth-order valence-electron chi connectivity index (χ4n) is 2.30. The van der Waals surface area contributed by atoms with Gasteiger partial charge in [-0.15, -0.1) is 0 Å². The summed E-state index contributed by atoms with van der Waals surface area (Å²) in [5.74, 6) is -1.26. The molecule has 0 aliphatic carbocycles. The van der Waals surface area contributed by atoms with Crippen LogP contribution < -0.4 is 0 Å². The maximum absolute atomic E-state index is 11.6. The topological polar surface area (TPSA) is 105 Å². The number of rotatable bonds is 4. The third kappa shape index (κ3) is 3.47. The van der Waals surface area contributed by atoms with Gasteiger partial charge in [-0.3, -0.25) is 10.1 Å². The summed E-state index contributed by atoms with van der Waals surface area (Å²) in [5.41, 5.74) is 0.201. The van der Waals surface area contributed by atoms with Crippen molar-refractivity contribution >= 4 is 17.6 Å². The predicted molar refractivity (Wildman–Crippen MR) is 77.6 cm³/mol. The Balaban J connectivity index is 2.40. The van der Waals surface area contributed by atoms with Crippen LogP contribution in [0.3, 0.4) is 0 Å². The molecule has 0 saturated carbocycles. The molecule has 1 unspecified atom stereocenters. The van der Waals surface area contributed by atoms with Crippen molar-refractivity contribution in [1.29, 1.82) is 0 Å². The van der Waals surface area contributed by atoms with E-state index in [0.29, 0.717) is 12.8 Å². The standard InChI is InChI=1S/C15H15NO7/c1-21-14(17)9-6-7-11(16(19)20)10(8-9)12-4-3-5-13(23-12)15(18)22-2/h5-8,12H,3-4H2,1-2H3. The lowest BCUT2D eigenvalue weighted by molar-refractivity contribution is -0.386. The molecule has 0 spiro atoms. The molecule has 2 rings (SSSR count). The van der Waals surface area contributed by atoms with Crippen molar-refractivity contribution in [2.45, 2.75) is 18.9 Å². The average molecular weight is 321 g/mol. The third-order valence-corrected chi connectivity index (χ3v) is 3.41. The average Bonchev–Trinajstić information content (AvgIpc) is 2.59. The molecule has 1 heterocycles. The lowest BCUT2D eigenvalue weighted by atomic mass is 9.98. The molecular weight excluding hydrogens is 306 g/mol. The van der Waals surface area contributed by atoms with Crippen LogP contribution in [0.15, 0.2) is 30.0 Å². The zero-order chi connectivity index (χ0) is 17.0. The number of allylic oxidation sites excluding steroid dienone is 1. The maximum Gasteiger partial charge on any atom is 0.372 e. The number of esters is 2. The Hall–Kier alpha value is -2.90. The first kappa shape index (κ1) is 16.5.